The highest BCUT2D eigenvalue weighted by molar-refractivity contribution is 6.08. The van der Waals surface area contributed by atoms with Gasteiger partial charge in [0.25, 0.3) is 5.91 Å². The Morgan fingerprint density at radius 3 is 2.60 bits per heavy atom. The first-order chi connectivity index (χ1) is 12.2. The van der Waals surface area contributed by atoms with Crippen molar-refractivity contribution in [1.29, 1.82) is 0 Å². The first-order valence-electron chi connectivity index (χ1n) is 8.08. The summed E-state index contributed by atoms with van der Waals surface area (Å²) >= 11 is 0. The van der Waals surface area contributed by atoms with Gasteiger partial charge >= 0.3 is 6.03 Å². The molecule has 6 nitrogen and oxygen atoms in total. The number of imide groups is 1. The van der Waals surface area contributed by atoms with Crippen LogP contribution in [-0.2, 0) is 6.42 Å². The summed E-state index contributed by atoms with van der Waals surface area (Å²) in [5.41, 5.74) is 3.43. The largest absolute Gasteiger partial charge is 0.326 e. The highest BCUT2D eigenvalue weighted by Crippen LogP contribution is 2.13. The zero-order valence-electron chi connectivity index (χ0n) is 13.8. The lowest BCUT2D eigenvalue weighted by Crippen LogP contribution is -2.34. The zero-order chi connectivity index (χ0) is 17.6. The van der Waals surface area contributed by atoms with Crippen LogP contribution in [0.5, 0.6) is 0 Å². The summed E-state index contributed by atoms with van der Waals surface area (Å²) in [4.78, 5) is 32.6. The normalized spacial score (nSPS) is 10.4. The third-order valence-corrected chi connectivity index (χ3v) is 3.68. The van der Waals surface area contributed by atoms with Crippen LogP contribution in [0, 0.1) is 0 Å². The number of carbonyl (C=O) groups excluding carboxylic acids is 2. The van der Waals surface area contributed by atoms with Crippen molar-refractivity contribution in [3.63, 3.8) is 0 Å². The van der Waals surface area contributed by atoms with Crippen LogP contribution in [0.2, 0.25) is 0 Å². The van der Waals surface area contributed by atoms with Gasteiger partial charge in [-0.3, -0.25) is 20.1 Å². The molecular formula is C19H18N4O2. The second-order valence-electron chi connectivity index (χ2n) is 5.62. The second-order valence-corrected chi connectivity index (χ2v) is 5.62. The highest BCUT2D eigenvalue weighted by atomic mass is 16.2. The summed E-state index contributed by atoms with van der Waals surface area (Å²) in [6.45, 7) is 2.10. The third kappa shape index (κ3) is 4.17. The van der Waals surface area contributed by atoms with Crippen LogP contribution in [0.1, 0.15) is 29.3 Å². The first-order valence-corrected chi connectivity index (χ1v) is 8.08. The molecule has 0 aliphatic rings. The number of anilines is 1. The molecule has 0 radical (unpaired) electrons. The van der Waals surface area contributed by atoms with Crippen LogP contribution in [0.15, 0.2) is 54.9 Å². The summed E-state index contributed by atoms with van der Waals surface area (Å²) in [7, 11) is 0. The Bertz CT molecular complexity index is 924. The number of nitrogens with one attached hydrogen (secondary N) is 2. The molecule has 3 aromatic rings. The van der Waals surface area contributed by atoms with Gasteiger partial charge in [0.05, 0.1) is 11.0 Å². The van der Waals surface area contributed by atoms with Gasteiger partial charge in [0.2, 0.25) is 0 Å². The predicted octanol–water partition coefficient (Wildman–Crippen LogP) is 3.54. The molecule has 0 saturated heterocycles. The van der Waals surface area contributed by atoms with Gasteiger partial charge in [-0.25, -0.2) is 4.79 Å². The molecule has 6 heteroatoms. The number of rotatable bonds is 4. The molecular weight excluding hydrogens is 316 g/mol. The van der Waals surface area contributed by atoms with Crippen molar-refractivity contribution in [1.82, 2.24) is 15.3 Å². The van der Waals surface area contributed by atoms with Crippen molar-refractivity contribution in [3.05, 3.63) is 66.0 Å². The van der Waals surface area contributed by atoms with Crippen molar-refractivity contribution in [2.75, 3.05) is 5.32 Å². The number of hydrogen-bond donors (Lipinski definition) is 2. The number of carbonyl (C=O) groups is 2. The lowest BCUT2D eigenvalue weighted by atomic mass is 10.1. The molecule has 0 unspecified atom stereocenters. The van der Waals surface area contributed by atoms with E-state index in [1.807, 2.05) is 18.2 Å². The van der Waals surface area contributed by atoms with Crippen LogP contribution < -0.4 is 10.6 Å². The van der Waals surface area contributed by atoms with Gasteiger partial charge in [-0.2, -0.15) is 0 Å². The third-order valence-electron chi connectivity index (χ3n) is 3.68. The molecule has 1 heterocycles. The van der Waals surface area contributed by atoms with E-state index in [0.717, 1.165) is 18.4 Å². The molecule has 3 amide bonds. The summed E-state index contributed by atoms with van der Waals surface area (Å²) in [5.74, 6) is -0.491. The Labute approximate surface area is 145 Å². The van der Waals surface area contributed by atoms with Crippen LogP contribution in [-0.4, -0.2) is 21.9 Å². The Morgan fingerprint density at radius 1 is 1.00 bits per heavy atom. The highest BCUT2D eigenvalue weighted by Gasteiger charge is 2.11. The molecule has 0 aliphatic heterocycles. The van der Waals surface area contributed by atoms with Crippen molar-refractivity contribution in [2.24, 2.45) is 0 Å². The monoisotopic (exact) mass is 334 g/mol. The topological polar surface area (TPSA) is 84.0 Å². The van der Waals surface area contributed by atoms with E-state index in [4.69, 9.17) is 0 Å². The Balaban J connectivity index is 1.67. The smallest absolute Gasteiger partial charge is 0.308 e. The minimum atomic E-state index is -0.571. The van der Waals surface area contributed by atoms with E-state index in [9.17, 15) is 9.59 Å². The van der Waals surface area contributed by atoms with E-state index in [0.29, 0.717) is 22.3 Å². The number of urea groups is 1. The minimum Gasteiger partial charge on any atom is -0.308 e. The molecule has 25 heavy (non-hydrogen) atoms. The fourth-order valence-electron chi connectivity index (χ4n) is 2.54. The van der Waals surface area contributed by atoms with Gasteiger partial charge in [0, 0.05) is 23.6 Å². The van der Waals surface area contributed by atoms with Crippen molar-refractivity contribution in [2.45, 2.75) is 19.8 Å². The van der Waals surface area contributed by atoms with Crippen molar-refractivity contribution in [3.8, 4) is 0 Å². The molecule has 2 N–H and O–H groups in total. The standard InChI is InChI=1S/C19H18N4O2/c1-2-4-13-5-3-6-15(11-13)22-19(25)23-18(24)14-7-8-16-17(12-14)21-10-9-20-16/h3,5-12H,2,4H2,1H3,(H2,22,23,24,25). The molecule has 0 spiro atoms. The quantitative estimate of drug-likeness (QED) is 0.764. The molecule has 126 valence electrons. The van der Waals surface area contributed by atoms with E-state index in [-0.39, 0.29) is 0 Å². The SMILES string of the molecule is CCCc1cccc(NC(=O)NC(=O)c2ccc3nccnc3c2)c1. The Kier molecular flexibility index (Phi) is 4.99. The maximum atomic E-state index is 12.2. The van der Waals surface area contributed by atoms with Gasteiger partial charge in [-0.05, 0) is 42.3 Å². The lowest BCUT2D eigenvalue weighted by molar-refractivity contribution is 0.0967. The summed E-state index contributed by atoms with van der Waals surface area (Å²) < 4.78 is 0. The number of amides is 3. The predicted molar refractivity (Wildman–Crippen MR) is 96.5 cm³/mol. The van der Waals surface area contributed by atoms with E-state index >= 15 is 0 Å². The number of aryl methyl sites for hydroxylation is 1. The summed E-state index contributed by atoms with van der Waals surface area (Å²) in [5, 5.41) is 5.00. The fraction of sp³-hybridized carbons (Fsp3) is 0.158. The lowest BCUT2D eigenvalue weighted by Gasteiger charge is -2.08. The van der Waals surface area contributed by atoms with E-state index < -0.39 is 11.9 Å². The number of benzene rings is 2. The van der Waals surface area contributed by atoms with Gasteiger partial charge in [0.1, 0.15) is 0 Å². The fourth-order valence-corrected chi connectivity index (χ4v) is 2.54. The average molecular weight is 334 g/mol. The molecule has 0 aliphatic carbocycles. The number of aromatic nitrogens is 2. The number of hydrogen-bond acceptors (Lipinski definition) is 4. The molecule has 0 saturated carbocycles. The average Bonchev–Trinajstić information content (AvgIpc) is 2.61. The summed E-state index contributed by atoms with van der Waals surface area (Å²) in [6.07, 6.45) is 5.11. The van der Waals surface area contributed by atoms with Crippen LogP contribution >= 0.6 is 0 Å². The van der Waals surface area contributed by atoms with Crippen LogP contribution in [0.25, 0.3) is 11.0 Å². The molecule has 0 bridgehead atoms. The van der Waals surface area contributed by atoms with E-state index in [2.05, 4.69) is 27.5 Å². The van der Waals surface area contributed by atoms with E-state index in [1.165, 1.54) is 0 Å². The van der Waals surface area contributed by atoms with E-state index in [1.54, 1.807) is 36.7 Å². The maximum Gasteiger partial charge on any atom is 0.326 e. The zero-order valence-corrected chi connectivity index (χ0v) is 13.8. The van der Waals surface area contributed by atoms with Crippen molar-refractivity contribution < 1.29 is 9.59 Å². The number of fused-ring (bicyclic) bond motifs is 1. The van der Waals surface area contributed by atoms with Crippen LogP contribution in [0.3, 0.4) is 0 Å². The second kappa shape index (κ2) is 7.53. The molecule has 0 fully saturated rings. The van der Waals surface area contributed by atoms with Crippen molar-refractivity contribution >= 4 is 28.7 Å². The molecule has 2 aromatic carbocycles. The number of nitrogens with zero attached hydrogens (tertiary/aromatic N) is 2. The first kappa shape index (κ1) is 16.6. The van der Waals surface area contributed by atoms with Crippen LogP contribution in [0.4, 0.5) is 10.5 Å². The maximum absolute atomic E-state index is 12.2. The van der Waals surface area contributed by atoms with Gasteiger partial charge < -0.3 is 5.32 Å². The van der Waals surface area contributed by atoms with Gasteiger partial charge in [-0.1, -0.05) is 25.5 Å². The minimum absolute atomic E-state index is 0.350. The summed E-state index contributed by atoms with van der Waals surface area (Å²) in [6, 6.07) is 11.9. The Hall–Kier alpha value is -3.28. The van der Waals surface area contributed by atoms with Gasteiger partial charge in [0.15, 0.2) is 0 Å². The molecule has 0 atom stereocenters. The van der Waals surface area contributed by atoms with Gasteiger partial charge in [-0.15, -0.1) is 0 Å². The molecule has 1 aromatic heterocycles. The Morgan fingerprint density at radius 2 is 1.80 bits per heavy atom. The molecule has 3 rings (SSSR count).